The van der Waals surface area contributed by atoms with Gasteiger partial charge in [-0.3, -0.25) is 0 Å². The lowest BCUT2D eigenvalue weighted by Gasteiger charge is -2.27. The van der Waals surface area contributed by atoms with Gasteiger partial charge in [0.05, 0.1) is 11.1 Å². The first-order chi connectivity index (χ1) is 30.7. The van der Waals surface area contributed by atoms with Crippen LogP contribution in [0.1, 0.15) is 0 Å². The van der Waals surface area contributed by atoms with Crippen LogP contribution < -0.4 is 4.90 Å². The van der Waals surface area contributed by atoms with E-state index in [9.17, 15) is 0 Å². The lowest BCUT2D eigenvalue weighted by molar-refractivity contribution is 0.669. The number of nitrogens with zero attached hydrogens (tertiary/aromatic N) is 1. The van der Waals surface area contributed by atoms with Crippen molar-refractivity contribution in [3.05, 3.63) is 237 Å². The van der Waals surface area contributed by atoms with Crippen molar-refractivity contribution in [2.45, 2.75) is 0 Å². The minimum atomic E-state index is 0.857. The van der Waals surface area contributed by atoms with E-state index in [0.29, 0.717) is 0 Å². The van der Waals surface area contributed by atoms with E-state index < -0.39 is 0 Å². The summed E-state index contributed by atoms with van der Waals surface area (Å²) in [6.45, 7) is 0. The third-order valence-electron chi connectivity index (χ3n) is 12.5. The predicted molar refractivity (Wildman–Crippen MR) is 263 cm³/mol. The number of hydrogen-bond acceptors (Lipinski definition) is 2. The molecule has 12 aromatic rings. The van der Waals surface area contributed by atoms with Gasteiger partial charge < -0.3 is 9.32 Å². The highest BCUT2D eigenvalue weighted by Crippen LogP contribution is 2.45. The van der Waals surface area contributed by atoms with E-state index in [1.165, 1.54) is 65.7 Å². The summed E-state index contributed by atoms with van der Waals surface area (Å²) < 4.78 is 6.64. The van der Waals surface area contributed by atoms with Gasteiger partial charge in [0.2, 0.25) is 0 Å². The molecular formula is C60H39NO. The number of rotatable bonds is 7. The Morgan fingerprint density at radius 2 is 0.774 bits per heavy atom. The number of furan rings is 1. The molecule has 2 heteroatoms. The molecule has 2 nitrogen and oxygen atoms in total. The van der Waals surface area contributed by atoms with Gasteiger partial charge in [0.1, 0.15) is 11.2 Å². The first kappa shape index (κ1) is 35.7. The smallest absolute Gasteiger partial charge is 0.137 e. The first-order valence-corrected chi connectivity index (χ1v) is 21.2. The van der Waals surface area contributed by atoms with Gasteiger partial charge in [-0.05, 0) is 125 Å². The van der Waals surface area contributed by atoms with E-state index in [0.717, 1.165) is 50.1 Å². The van der Waals surface area contributed by atoms with Gasteiger partial charge in [-0.1, -0.05) is 188 Å². The predicted octanol–water partition coefficient (Wildman–Crippen LogP) is 17.2. The Balaban J connectivity index is 0.960. The molecule has 1 heterocycles. The summed E-state index contributed by atoms with van der Waals surface area (Å²) in [4.78, 5) is 2.37. The molecule has 0 unspecified atom stereocenters. The summed E-state index contributed by atoms with van der Waals surface area (Å²) in [5.41, 5.74) is 14.4. The summed E-state index contributed by atoms with van der Waals surface area (Å²) in [6.07, 6.45) is 0. The molecule has 0 aliphatic heterocycles. The Labute approximate surface area is 360 Å². The summed E-state index contributed by atoms with van der Waals surface area (Å²) in [5, 5.41) is 9.73. The molecule has 11 aromatic carbocycles. The second kappa shape index (κ2) is 14.8. The Hall–Kier alpha value is -8.20. The molecule has 0 aliphatic carbocycles. The zero-order valence-electron chi connectivity index (χ0n) is 33.9. The Bertz CT molecular complexity index is 3600. The van der Waals surface area contributed by atoms with Crippen LogP contribution in [-0.2, 0) is 0 Å². The molecule has 62 heavy (non-hydrogen) atoms. The van der Waals surface area contributed by atoms with Crippen LogP contribution in [0.15, 0.2) is 241 Å². The highest BCUT2D eigenvalue weighted by atomic mass is 16.3. The topological polar surface area (TPSA) is 16.4 Å². The van der Waals surface area contributed by atoms with Crippen molar-refractivity contribution in [1.82, 2.24) is 0 Å². The van der Waals surface area contributed by atoms with E-state index in [1.54, 1.807) is 0 Å². The molecule has 0 N–H and O–H groups in total. The minimum Gasteiger partial charge on any atom is -0.456 e. The fraction of sp³-hybridized carbons (Fsp3) is 0. The normalized spacial score (nSPS) is 11.5. The summed E-state index contributed by atoms with van der Waals surface area (Å²) in [5.74, 6) is 0. The third kappa shape index (κ3) is 6.12. The van der Waals surface area contributed by atoms with Crippen molar-refractivity contribution in [3.8, 4) is 44.5 Å². The highest BCUT2D eigenvalue weighted by Gasteiger charge is 2.20. The molecule has 0 radical (unpaired) electrons. The second-order valence-electron chi connectivity index (χ2n) is 16.0. The molecule has 0 amide bonds. The number of anilines is 3. The Kier molecular flexibility index (Phi) is 8.53. The monoisotopic (exact) mass is 789 g/mol. The van der Waals surface area contributed by atoms with Crippen molar-refractivity contribution in [2.24, 2.45) is 0 Å². The van der Waals surface area contributed by atoms with Crippen LogP contribution in [-0.4, -0.2) is 0 Å². The van der Waals surface area contributed by atoms with Crippen molar-refractivity contribution in [2.75, 3.05) is 4.90 Å². The Morgan fingerprint density at radius 1 is 0.274 bits per heavy atom. The van der Waals surface area contributed by atoms with Crippen molar-refractivity contribution in [1.29, 1.82) is 0 Å². The van der Waals surface area contributed by atoms with Crippen molar-refractivity contribution in [3.63, 3.8) is 0 Å². The van der Waals surface area contributed by atoms with Gasteiger partial charge in [-0.15, -0.1) is 0 Å². The molecule has 0 aliphatic rings. The molecule has 0 atom stereocenters. The van der Waals surface area contributed by atoms with Gasteiger partial charge in [-0.2, -0.15) is 0 Å². The van der Waals surface area contributed by atoms with Crippen LogP contribution in [0.5, 0.6) is 0 Å². The molecule has 0 bridgehead atoms. The Morgan fingerprint density at radius 3 is 1.52 bits per heavy atom. The average molecular weight is 790 g/mol. The lowest BCUT2D eigenvalue weighted by Crippen LogP contribution is -2.10. The van der Waals surface area contributed by atoms with E-state index in [1.807, 2.05) is 0 Å². The second-order valence-corrected chi connectivity index (χ2v) is 16.0. The first-order valence-electron chi connectivity index (χ1n) is 21.2. The van der Waals surface area contributed by atoms with Crippen LogP contribution in [0.2, 0.25) is 0 Å². The fourth-order valence-corrected chi connectivity index (χ4v) is 9.44. The number of hydrogen-bond donors (Lipinski definition) is 0. The molecule has 0 spiro atoms. The fourth-order valence-electron chi connectivity index (χ4n) is 9.44. The maximum atomic E-state index is 6.64. The van der Waals surface area contributed by atoms with Crippen LogP contribution >= 0.6 is 0 Å². The summed E-state index contributed by atoms with van der Waals surface area (Å²) in [6, 6.07) is 85.3. The van der Waals surface area contributed by atoms with Gasteiger partial charge in [-0.25, -0.2) is 0 Å². The lowest BCUT2D eigenvalue weighted by atomic mass is 9.94. The largest absolute Gasteiger partial charge is 0.456 e. The number of fused-ring (bicyclic) bond motifs is 7. The molecule has 0 saturated carbocycles. The van der Waals surface area contributed by atoms with Crippen LogP contribution in [0.3, 0.4) is 0 Å². The minimum absolute atomic E-state index is 0.857. The maximum absolute atomic E-state index is 6.64. The molecule has 290 valence electrons. The average Bonchev–Trinajstić information content (AvgIpc) is 3.73. The van der Waals surface area contributed by atoms with E-state index in [-0.39, 0.29) is 0 Å². The number of benzene rings is 11. The van der Waals surface area contributed by atoms with Gasteiger partial charge in [0, 0.05) is 16.8 Å². The third-order valence-corrected chi connectivity index (χ3v) is 12.5. The van der Waals surface area contributed by atoms with Gasteiger partial charge >= 0.3 is 0 Å². The van der Waals surface area contributed by atoms with Crippen LogP contribution in [0, 0.1) is 0 Å². The molecule has 0 fully saturated rings. The van der Waals surface area contributed by atoms with E-state index >= 15 is 0 Å². The zero-order valence-corrected chi connectivity index (χ0v) is 33.9. The van der Waals surface area contributed by atoms with Gasteiger partial charge in [0.25, 0.3) is 0 Å². The summed E-state index contributed by atoms with van der Waals surface area (Å²) in [7, 11) is 0. The molecule has 1 aromatic heterocycles. The van der Waals surface area contributed by atoms with E-state index in [2.05, 4.69) is 241 Å². The van der Waals surface area contributed by atoms with E-state index in [4.69, 9.17) is 4.42 Å². The molecular weight excluding hydrogens is 751 g/mol. The van der Waals surface area contributed by atoms with Crippen molar-refractivity contribution < 1.29 is 4.42 Å². The van der Waals surface area contributed by atoms with Crippen LogP contribution in [0.25, 0.3) is 98.8 Å². The SMILES string of the molecule is c1ccc(-c2ccc3c(c2)oc2cccc(N(c4ccc(-c5ccc(-c6cccc7ccccc67)cc5)cc4)c4ccc(-c5cccc6c5ccc5ccccc56)cc4)c23)cc1. The highest BCUT2D eigenvalue weighted by molar-refractivity contribution is 6.15. The standard InChI is InChI=1S/C60H39NO/c1-2-11-40(12-3-1)47-32-38-56-59(39-47)62-58-22-10-21-57(60(56)58)61(49-35-29-46(30-36-49)53-19-9-20-54-52-17-7-5-14-44(52)31-37-55(53)54)48-33-27-42(28-34-48)41-23-25-45(26-24-41)51-18-8-15-43-13-4-6-16-50(43)51/h1-39H. The van der Waals surface area contributed by atoms with Crippen molar-refractivity contribution >= 4 is 71.3 Å². The quantitative estimate of drug-likeness (QED) is 0.150. The van der Waals surface area contributed by atoms with Gasteiger partial charge in [0.15, 0.2) is 0 Å². The molecule has 12 rings (SSSR count). The summed E-state index contributed by atoms with van der Waals surface area (Å²) >= 11 is 0. The molecule has 0 saturated heterocycles. The maximum Gasteiger partial charge on any atom is 0.137 e. The zero-order chi connectivity index (χ0) is 41.0. The van der Waals surface area contributed by atoms with Crippen LogP contribution in [0.4, 0.5) is 17.1 Å².